The molecule has 1 aliphatic heterocycles. The van der Waals surface area contributed by atoms with Gasteiger partial charge in [-0.1, -0.05) is 17.3 Å². The number of oxime groups is 1. The van der Waals surface area contributed by atoms with Crippen molar-refractivity contribution < 1.29 is 32.1 Å². The number of amides is 2. The van der Waals surface area contributed by atoms with Gasteiger partial charge in [-0.2, -0.15) is 8.42 Å². The number of nitrogen functional groups attached to an aromatic ring is 1. The van der Waals surface area contributed by atoms with Gasteiger partial charge < -0.3 is 26.4 Å². The lowest BCUT2D eigenvalue weighted by molar-refractivity contribution is -0.143. The Hall–Kier alpha value is -3.76. The van der Waals surface area contributed by atoms with Gasteiger partial charge in [-0.15, -0.1) is 11.3 Å². The lowest BCUT2D eigenvalue weighted by Gasteiger charge is -2.42. The lowest BCUT2D eigenvalue weighted by atomic mass is 10.0. The Kier molecular flexibility index (Phi) is 7.88. The molecule has 188 valence electrons. The van der Waals surface area contributed by atoms with E-state index in [1.54, 1.807) is 24.3 Å². The maximum absolute atomic E-state index is 12.8. The molecule has 16 heteroatoms. The standard InChI is InChI=1S/C19H23N7O7S2/c1-10-15(18(28)26(10)35(29,30)31)24-17(27)16(13-9-34-19(22)23-13)25-33-7-6-32-12-4-2-11(3-5-12)8-14(20)21/h2-5,9-10,15H,6-8H2,1H3,(H3,20,21)(H2,22,23)(H,24,27)(H,29,30,31)/t10-,15-/m0/s1. The van der Waals surface area contributed by atoms with Crippen molar-refractivity contribution in [2.75, 3.05) is 18.9 Å². The highest BCUT2D eigenvalue weighted by Gasteiger charge is 2.51. The number of nitrogens with zero attached hydrogens (tertiary/aromatic N) is 3. The summed E-state index contributed by atoms with van der Waals surface area (Å²) < 4.78 is 37.4. The minimum atomic E-state index is -4.73. The summed E-state index contributed by atoms with van der Waals surface area (Å²) in [6.45, 7) is 1.39. The first-order valence-electron chi connectivity index (χ1n) is 10.0. The fraction of sp³-hybridized carbons (Fsp3) is 0.316. The predicted molar refractivity (Wildman–Crippen MR) is 126 cm³/mol. The van der Waals surface area contributed by atoms with Gasteiger partial charge in [0.25, 0.3) is 11.8 Å². The lowest BCUT2D eigenvalue weighted by Crippen LogP contribution is -2.71. The van der Waals surface area contributed by atoms with E-state index in [-0.39, 0.29) is 39.9 Å². The number of benzene rings is 1. The number of β-lactam (4-membered cyclic amide) rings is 1. The number of rotatable bonds is 11. The summed E-state index contributed by atoms with van der Waals surface area (Å²) in [6, 6.07) is 4.78. The number of anilines is 1. The molecule has 0 aliphatic carbocycles. The summed E-state index contributed by atoms with van der Waals surface area (Å²) in [4.78, 5) is 34.0. The average molecular weight is 526 g/mol. The van der Waals surface area contributed by atoms with E-state index in [1.807, 2.05) is 0 Å². The van der Waals surface area contributed by atoms with Crippen LogP contribution in [0.1, 0.15) is 18.2 Å². The van der Waals surface area contributed by atoms with Gasteiger partial charge in [-0.05, 0) is 24.6 Å². The van der Waals surface area contributed by atoms with E-state index in [9.17, 15) is 18.0 Å². The molecule has 0 unspecified atom stereocenters. The highest BCUT2D eigenvalue weighted by Crippen LogP contribution is 2.23. The molecule has 0 bridgehead atoms. The van der Waals surface area contributed by atoms with Crippen LogP contribution in [0.15, 0.2) is 34.8 Å². The van der Waals surface area contributed by atoms with E-state index in [0.29, 0.717) is 12.2 Å². The number of carbonyl (C=O) groups excluding carboxylic acids is 2. The molecule has 1 aromatic heterocycles. The summed E-state index contributed by atoms with van der Waals surface area (Å²) in [5, 5.41) is 15.1. The fourth-order valence-corrected chi connectivity index (χ4v) is 4.58. The number of hydrogen-bond donors (Lipinski definition) is 5. The van der Waals surface area contributed by atoms with Crippen LogP contribution >= 0.6 is 11.3 Å². The van der Waals surface area contributed by atoms with Crippen LogP contribution in [0.2, 0.25) is 0 Å². The minimum Gasteiger partial charge on any atom is -0.490 e. The molecule has 7 N–H and O–H groups in total. The van der Waals surface area contributed by atoms with Crippen molar-refractivity contribution in [1.29, 1.82) is 5.41 Å². The first-order valence-corrected chi connectivity index (χ1v) is 12.3. The van der Waals surface area contributed by atoms with Crippen molar-refractivity contribution in [2.45, 2.75) is 25.4 Å². The van der Waals surface area contributed by atoms with Crippen molar-refractivity contribution >= 4 is 50.1 Å². The molecule has 0 spiro atoms. The SMILES string of the molecule is C[C@H]1[C@H](NC(=O)C(=NOCCOc2ccc(CC(=N)N)cc2)c2csc(N)n2)C(=O)N1S(=O)(=O)O. The number of hydrogen-bond acceptors (Lipinski definition) is 11. The summed E-state index contributed by atoms with van der Waals surface area (Å²) in [7, 11) is -4.73. The van der Waals surface area contributed by atoms with Crippen LogP contribution in [0.3, 0.4) is 0 Å². The van der Waals surface area contributed by atoms with E-state index in [0.717, 1.165) is 16.9 Å². The normalized spacial score (nSPS) is 18.1. The van der Waals surface area contributed by atoms with Crippen molar-refractivity contribution in [1.82, 2.24) is 14.6 Å². The number of aromatic nitrogens is 1. The first kappa shape index (κ1) is 25.9. The third kappa shape index (κ3) is 6.43. The van der Waals surface area contributed by atoms with Gasteiger partial charge in [0, 0.05) is 11.8 Å². The summed E-state index contributed by atoms with van der Waals surface area (Å²) in [6.07, 6.45) is 0.336. The highest BCUT2D eigenvalue weighted by atomic mass is 32.2. The molecule has 1 fully saturated rings. The molecular formula is C19H23N7O7S2. The van der Waals surface area contributed by atoms with E-state index >= 15 is 0 Å². The van der Waals surface area contributed by atoms with Crippen LogP contribution < -0.4 is 21.5 Å². The number of ether oxygens (including phenoxy) is 1. The molecule has 2 atom stereocenters. The number of nitrogens with one attached hydrogen (secondary N) is 2. The smallest absolute Gasteiger partial charge is 0.362 e. The van der Waals surface area contributed by atoms with Crippen LogP contribution in [0.4, 0.5) is 5.13 Å². The number of amidine groups is 1. The summed E-state index contributed by atoms with van der Waals surface area (Å²) >= 11 is 1.06. The Bertz CT molecular complexity index is 1240. The van der Waals surface area contributed by atoms with Crippen LogP contribution in [0.5, 0.6) is 5.75 Å². The second kappa shape index (κ2) is 10.7. The Labute approximate surface area is 204 Å². The van der Waals surface area contributed by atoms with Crippen LogP contribution in [0, 0.1) is 5.41 Å². The molecule has 1 saturated heterocycles. The summed E-state index contributed by atoms with van der Waals surface area (Å²) in [5.41, 5.74) is 11.7. The van der Waals surface area contributed by atoms with Crippen molar-refractivity contribution in [3.05, 3.63) is 40.9 Å². The second-order valence-electron chi connectivity index (χ2n) is 7.34. The minimum absolute atomic E-state index is 0.0408. The molecule has 2 aromatic rings. The zero-order chi connectivity index (χ0) is 25.8. The fourth-order valence-electron chi connectivity index (χ4n) is 3.14. The summed E-state index contributed by atoms with van der Waals surface area (Å²) in [5.74, 6) is -1.24. The van der Waals surface area contributed by atoms with Crippen LogP contribution in [0.25, 0.3) is 0 Å². The van der Waals surface area contributed by atoms with Gasteiger partial charge in [0.2, 0.25) is 0 Å². The molecule has 1 aromatic carbocycles. The molecule has 0 saturated carbocycles. The predicted octanol–water partition coefficient (Wildman–Crippen LogP) is -0.478. The number of nitrogens with two attached hydrogens (primary N) is 2. The van der Waals surface area contributed by atoms with E-state index < -0.39 is 34.2 Å². The second-order valence-corrected chi connectivity index (χ2v) is 9.52. The van der Waals surface area contributed by atoms with Crippen molar-refractivity contribution in [3.63, 3.8) is 0 Å². The average Bonchev–Trinajstić information content (AvgIpc) is 3.20. The third-order valence-corrected chi connectivity index (χ3v) is 6.45. The zero-order valence-electron chi connectivity index (χ0n) is 18.4. The first-order chi connectivity index (χ1) is 16.5. The maximum Gasteiger partial charge on any atom is 0.362 e. The monoisotopic (exact) mass is 525 g/mol. The Balaban J connectivity index is 1.59. The molecule has 2 heterocycles. The van der Waals surface area contributed by atoms with Gasteiger partial charge in [-0.25, -0.2) is 9.29 Å². The third-order valence-electron chi connectivity index (χ3n) is 4.77. The largest absolute Gasteiger partial charge is 0.490 e. The molecule has 35 heavy (non-hydrogen) atoms. The van der Waals surface area contributed by atoms with E-state index in [4.69, 9.17) is 31.0 Å². The topological polar surface area (TPSA) is 223 Å². The highest BCUT2D eigenvalue weighted by molar-refractivity contribution is 7.84. The Morgan fingerprint density at radius 1 is 1.34 bits per heavy atom. The molecule has 2 amide bonds. The molecular weight excluding hydrogens is 502 g/mol. The molecule has 0 radical (unpaired) electrons. The van der Waals surface area contributed by atoms with Crippen LogP contribution in [-0.4, -0.2) is 70.9 Å². The van der Waals surface area contributed by atoms with Gasteiger partial charge in [0.05, 0.1) is 11.9 Å². The van der Waals surface area contributed by atoms with Crippen molar-refractivity contribution in [2.24, 2.45) is 10.9 Å². The van der Waals surface area contributed by atoms with Crippen molar-refractivity contribution in [3.8, 4) is 5.75 Å². The van der Waals surface area contributed by atoms with Crippen LogP contribution in [-0.2, 0) is 31.2 Å². The number of carbonyl (C=O) groups is 2. The molecule has 14 nitrogen and oxygen atoms in total. The number of thiazole rings is 1. The molecule has 3 rings (SSSR count). The van der Waals surface area contributed by atoms with Gasteiger partial charge >= 0.3 is 10.3 Å². The van der Waals surface area contributed by atoms with E-state index in [1.165, 1.54) is 12.3 Å². The quantitative estimate of drug-likeness (QED) is 0.0632. The molecule has 1 aliphatic rings. The van der Waals surface area contributed by atoms with Gasteiger partial charge in [0.1, 0.15) is 24.1 Å². The van der Waals surface area contributed by atoms with Gasteiger partial charge in [0.15, 0.2) is 17.5 Å². The Morgan fingerprint density at radius 2 is 2.03 bits per heavy atom. The van der Waals surface area contributed by atoms with Gasteiger partial charge in [-0.3, -0.25) is 19.6 Å². The maximum atomic E-state index is 12.8. The Morgan fingerprint density at radius 3 is 2.57 bits per heavy atom. The zero-order valence-corrected chi connectivity index (χ0v) is 20.0. The van der Waals surface area contributed by atoms with E-state index in [2.05, 4.69) is 15.5 Å².